The molecule has 0 spiro atoms. The molecular weight excluding hydrogens is 215 g/mol. The van der Waals surface area contributed by atoms with Crippen LogP contribution in [0.2, 0.25) is 0 Å². The van der Waals surface area contributed by atoms with Crippen molar-refractivity contribution in [2.45, 2.75) is 13.3 Å². The Morgan fingerprint density at radius 2 is 2.00 bits per heavy atom. The van der Waals surface area contributed by atoms with E-state index in [1.807, 2.05) is 0 Å². The van der Waals surface area contributed by atoms with Crippen molar-refractivity contribution in [3.63, 3.8) is 0 Å². The van der Waals surface area contributed by atoms with E-state index in [0.29, 0.717) is 0 Å². The van der Waals surface area contributed by atoms with E-state index in [9.17, 15) is 18.0 Å². The quantitative estimate of drug-likeness (QED) is 0.828. The van der Waals surface area contributed by atoms with E-state index in [-0.39, 0.29) is 11.4 Å². The highest BCUT2D eigenvalue weighted by atomic mass is 19.4. The molecule has 0 radical (unpaired) electrons. The van der Waals surface area contributed by atoms with Gasteiger partial charge in [-0.15, -0.1) is 13.2 Å². The zero-order chi connectivity index (χ0) is 11.6. The van der Waals surface area contributed by atoms with Crippen molar-refractivity contribution in [1.29, 1.82) is 0 Å². The molecule has 0 unspecified atom stereocenters. The van der Waals surface area contributed by atoms with Crippen molar-refractivity contribution >= 4 is 0 Å². The molecule has 84 valence electrons. The number of rotatable bonds is 2. The van der Waals surface area contributed by atoms with Gasteiger partial charge in [0.2, 0.25) is 5.43 Å². The first-order chi connectivity index (χ1) is 6.85. The van der Waals surface area contributed by atoms with Gasteiger partial charge >= 0.3 is 6.36 Å². The number of hydrogen-bond acceptors (Lipinski definition) is 3. The van der Waals surface area contributed by atoms with Crippen LogP contribution in [0.1, 0.15) is 5.56 Å². The molecule has 0 bridgehead atoms. The molecule has 0 amide bonds. The Hall–Kier alpha value is -1.66. The van der Waals surface area contributed by atoms with Crippen LogP contribution in [0, 0.1) is 6.92 Å². The summed E-state index contributed by atoms with van der Waals surface area (Å²) in [5.74, 6) is -0.699. The zero-order valence-corrected chi connectivity index (χ0v) is 7.94. The third kappa shape index (κ3) is 2.64. The molecule has 0 aliphatic heterocycles. The normalized spacial score (nSPS) is 11.3. The van der Waals surface area contributed by atoms with Gasteiger partial charge in [0.25, 0.3) is 0 Å². The number of alkyl halides is 3. The second-order valence-electron chi connectivity index (χ2n) is 2.69. The number of aromatic nitrogens is 1. The minimum Gasteiger partial charge on any atom is -0.482 e. The predicted octanol–water partition coefficient (Wildman–Crippen LogP) is 1.59. The van der Waals surface area contributed by atoms with Crippen LogP contribution in [0.4, 0.5) is 13.2 Å². The van der Waals surface area contributed by atoms with Gasteiger partial charge in [0.15, 0.2) is 11.6 Å². The molecule has 1 aromatic heterocycles. The summed E-state index contributed by atoms with van der Waals surface area (Å²) in [7, 11) is 1.29. The van der Waals surface area contributed by atoms with Gasteiger partial charge in [-0.1, -0.05) is 0 Å². The lowest BCUT2D eigenvalue weighted by Crippen LogP contribution is -2.23. The third-order valence-electron chi connectivity index (χ3n) is 1.67. The Morgan fingerprint density at radius 1 is 1.40 bits per heavy atom. The summed E-state index contributed by atoms with van der Waals surface area (Å²) in [6, 6.07) is 0. The predicted molar refractivity (Wildman–Crippen MR) is 45.0 cm³/mol. The van der Waals surface area contributed by atoms with E-state index in [1.54, 1.807) is 0 Å². The van der Waals surface area contributed by atoms with Crippen LogP contribution in [0.3, 0.4) is 0 Å². The standard InChI is InChI=1S/C8H8F3NO3/c1-4-6(13)5(15-8(9,10)11)3-12-7(4)14-2/h3H,1-2H3,(H,12,13). The van der Waals surface area contributed by atoms with Crippen LogP contribution >= 0.6 is 0 Å². The maximum atomic E-state index is 11.8. The van der Waals surface area contributed by atoms with Crippen LogP contribution in [0.15, 0.2) is 11.0 Å². The number of nitrogens with one attached hydrogen (secondary N) is 1. The Balaban J connectivity index is 3.13. The average molecular weight is 223 g/mol. The summed E-state index contributed by atoms with van der Waals surface area (Å²) in [5, 5.41) is 0. The molecule has 0 aliphatic rings. The molecule has 7 heteroatoms. The van der Waals surface area contributed by atoms with Gasteiger partial charge in [-0.05, 0) is 6.92 Å². The first kappa shape index (κ1) is 11.4. The van der Waals surface area contributed by atoms with Gasteiger partial charge in [0.1, 0.15) is 0 Å². The first-order valence-corrected chi connectivity index (χ1v) is 3.87. The molecule has 0 saturated carbocycles. The smallest absolute Gasteiger partial charge is 0.482 e. The summed E-state index contributed by atoms with van der Waals surface area (Å²) in [6.45, 7) is 1.33. The molecule has 0 saturated heterocycles. The number of ether oxygens (including phenoxy) is 2. The van der Waals surface area contributed by atoms with Crippen LogP contribution < -0.4 is 14.9 Å². The number of aromatic amines is 1. The molecule has 0 aliphatic carbocycles. The van der Waals surface area contributed by atoms with Crippen LogP contribution in [0.25, 0.3) is 0 Å². The fourth-order valence-corrected chi connectivity index (χ4v) is 1.01. The molecule has 1 heterocycles. The van der Waals surface area contributed by atoms with Crippen LogP contribution in [-0.4, -0.2) is 18.5 Å². The molecule has 1 aromatic rings. The highest BCUT2D eigenvalue weighted by Crippen LogP contribution is 2.21. The van der Waals surface area contributed by atoms with E-state index >= 15 is 0 Å². The summed E-state index contributed by atoms with van der Waals surface area (Å²) < 4.78 is 43.7. The van der Waals surface area contributed by atoms with E-state index in [0.717, 1.165) is 6.20 Å². The van der Waals surface area contributed by atoms with E-state index in [4.69, 9.17) is 4.74 Å². The van der Waals surface area contributed by atoms with Crippen molar-refractivity contribution in [2.75, 3.05) is 7.11 Å². The third-order valence-corrected chi connectivity index (χ3v) is 1.67. The highest BCUT2D eigenvalue weighted by molar-refractivity contribution is 5.32. The number of pyridine rings is 1. The van der Waals surface area contributed by atoms with Crippen LogP contribution in [0.5, 0.6) is 11.6 Å². The van der Waals surface area contributed by atoms with Crippen molar-refractivity contribution in [3.8, 4) is 11.6 Å². The Labute approximate surface area is 82.6 Å². The fraction of sp³-hybridized carbons (Fsp3) is 0.375. The van der Waals surface area contributed by atoms with Gasteiger partial charge in [-0.3, -0.25) is 4.79 Å². The van der Waals surface area contributed by atoms with E-state index < -0.39 is 17.5 Å². The molecule has 1 N–H and O–H groups in total. The fourth-order valence-electron chi connectivity index (χ4n) is 1.01. The lowest BCUT2D eigenvalue weighted by Gasteiger charge is -2.09. The SMILES string of the molecule is COc1[nH]cc(OC(F)(F)F)c(=O)c1C. The minimum absolute atomic E-state index is 0.0271. The zero-order valence-electron chi connectivity index (χ0n) is 7.94. The molecule has 0 aromatic carbocycles. The second-order valence-corrected chi connectivity index (χ2v) is 2.69. The molecule has 4 nitrogen and oxygen atoms in total. The number of hydrogen-bond donors (Lipinski definition) is 1. The van der Waals surface area contributed by atoms with Crippen molar-refractivity contribution in [1.82, 2.24) is 4.98 Å². The van der Waals surface area contributed by atoms with Crippen molar-refractivity contribution < 1.29 is 22.6 Å². The molecule has 0 atom stereocenters. The summed E-state index contributed by atoms with van der Waals surface area (Å²) in [5.41, 5.74) is -0.831. The lowest BCUT2D eigenvalue weighted by atomic mass is 10.3. The van der Waals surface area contributed by atoms with Crippen molar-refractivity contribution in [3.05, 3.63) is 22.0 Å². The van der Waals surface area contributed by atoms with Gasteiger partial charge < -0.3 is 14.5 Å². The average Bonchev–Trinajstić information content (AvgIpc) is 2.11. The second kappa shape index (κ2) is 3.84. The van der Waals surface area contributed by atoms with Crippen molar-refractivity contribution in [2.24, 2.45) is 0 Å². The monoisotopic (exact) mass is 223 g/mol. The number of methoxy groups -OCH3 is 1. The topological polar surface area (TPSA) is 51.3 Å². The molecule has 0 fully saturated rings. The van der Waals surface area contributed by atoms with Gasteiger partial charge in [0.05, 0.1) is 18.9 Å². The van der Waals surface area contributed by atoms with E-state index in [1.165, 1.54) is 14.0 Å². The number of H-pyrrole nitrogens is 1. The maximum Gasteiger partial charge on any atom is 0.573 e. The maximum absolute atomic E-state index is 11.8. The van der Waals surface area contributed by atoms with E-state index in [2.05, 4.69) is 9.72 Å². The Morgan fingerprint density at radius 3 is 2.47 bits per heavy atom. The molecular formula is C8H8F3NO3. The Bertz CT molecular complexity index is 411. The summed E-state index contributed by atoms with van der Waals surface area (Å²) in [4.78, 5) is 13.7. The van der Waals surface area contributed by atoms with Gasteiger partial charge in [-0.2, -0.15) is 0 Å². The highest BCUT2D eigenvalue weighted by Gasteiger charge is 2.32. The largest absolute Gasteiger partial charge is 0.573 e. The van der Waals surface area contributed by atoms with Gasteiger partial charge in [0, 0.05) is 0 Å². The van der Waals surface area contributed by atoms with Crippen LogP contribution in [-0.2, 0) is 0 Å². The Kier molecular flexibility index (Phi) is 2.92. The summed E-state index contributed by atoms with van der Waals surface area (Å²) >= 11 is 0. The molecule has 15 heavy (non-hydrogen) atoms. The lowest BCUT2D eigenvalue weighted by molar-refractivity contribution is -0.275. The molecule has 1 rings (SSSR count). The minimum atomic E-state index is -4.88. The summed E-state index contributed by atoms with van der Waals surface area (Å²) in [6.07, 6.45) is -4.07. The number of halogens is 3. The van der Waals surface area contributed by atoms with Gasteiger partial charge in [-0.25, -0.2) is 0 Å². The first-order valence-electron chi connectivity index (χ1n) is 3.87.